The zero-order chi connectivity index (χ0) is 25.6. The molecular formula is C27H28F2N4O2S2. The predicted octanol–water partition coefficient (Wildman–Crippen LogP) is 5.25. The van der Waals surface area contributed by atoms with Crippen molar-refractivity contribution in [2.24, 2.45) is 0 Å². The largest absolute Gasteiger partial charge is 0.381 e. The Hall–Kier alpha value is -2.53. The van der Waals surface area contributed by atoms with E-state index in [1.54, 1.807) is 34.5 Å². The van der Waals surface area contributed by atoms with Crippen molar-refractivity contribution in [1.82, 2.24) is 9.88 Å². The zero-order valence-corrected chi connectivity index (χ0v) is 22.1. The summed E-state index contributed by atoms with van der Waals surface area (Å²) in [5.41, 5.74) is 3.60. The summed E-state index contributed by atoms with van der Waals surface area (Å²) in [4.78, 5) is 24.1. The fourth-order valence-electron chi connectivity index (χ4n) is 5.04. The van der Waals surface area contributed by atoms with E-state index < -0.39 is 5.92 Å². The van der Waals surface area contributed by atoms with Crippen molar-refractivity contribution in [3.8, 4) is 11.3 Å². The number of aromatic nitrogens is 1. The summed E-state index contributed by atoms with van der Waals surface area (Å²) in [5.74, 6) is -2.54. The SMILES string of the molecule is CC(CN1CC(F)(F)C1)Nc1ccc2c(c1)Sc1cccc(-c3cc(N4CCOCC4)cc(=O)[nH]3)c1S2. The van der Waals surface area contributed by atoms with E-state index >= 15 is 0 Å². The molecule has 37 heavy (non-hydrogen) atoms. The fraction of sp³-hybridized carbons (Fsp3) is 0.370. The van der Waals surface area contributed by atoms with Gasteiger partial charge in [-0.15, -0.1) is 0 Å². The lowest BCUT2D eigenvalue weighted by atomic mass is 10.1. The standard InChI is InChI=1S/C27H28F2N4O2S2/c1-17(14-32-15-27(28,29)16-32)30-18-5-6-22-24(11-18)36-23-4-2-3-20(26(23)37-22)21-12-19(13-25(34)31-21)33-7-9-35-10-8-33/h2-6,11-13,17,30H,7-10,14-16H2,1H3,(H,31,34). The monoisotopic (exact) mass is 542 g/mol. The van der Waals surface area contributed by atoms with Gasteiger partial charge in [-0.2, -0.15) is 0 Å². The van der Waals surface area contributed by atoms with E-state index in [2.05, 4.69) is 45.5 Å². The molecule has 0 aliphatic carbocycles. The van der Waals surface area contributed by atoms with Gasteiger partial charge in [0.15, 0.2) is 0 Å². The van der Waals surface area contributed by atoms with Gasteiger partial charge in [-0.3, -0.25) is 9.69 Å². The number of rotatable bonds is 6. The molecule has 1 aromatic heterocycles. The molecule has 2 N–H and O–H groups in total. The molecule has 3 aliphatic heterocycles. The second-order valence-electron chi connectivity index (χ2n) is 9.79. The van der Waals surface area contributed by atoms with Crippen molar-refractivity contribution in [3.05, 3.63) is 58.9 Å². The van der Waals surface area contributed by atoms with Crippen LogP contribution in [0.1, 0.15) is 6.92 Å². The Morgan fingerprint density at radius 3 is 2.65 bits per heavy atom. The third-order valence-electron chi connectivity index (χ3n) is 6.71. The van der Waals surface area contributed by atoms with Gasteiger partial charge >= 0.3 is 0 Å². The molecule has 0 saturated carbocycles. The Labute approximate surface area is 222 Å². The number of anilines is 2. The highest BCUT2D eigenvalue weighted by atomic mass is 32.2. The average molecular weight is 543 g/mol. The van der Waals surface area contributed by atoms with E-state index in [-0.39, 0.29) is 24.7 Å². The number of fused-ring (bicyclic) bond motifs is 2. The van der Waals surface area contributed by atoms with Gasteiger partial charge in [-0.05, 0) is 37.3 Å². The molecule has 3 aliphatic rings. The first-order chi connectivity index (χ1) is 17.8. The normalized spacial score (nSPS) is 19.5. The Kier molecular flexibility index (Phi) is 6.68. The predicted molar refractivity (Wildman–Crippen MR) is 145 cm³/mol. The maximum atomic E-state index is 13.1. The van der Waals surface area contributed by atoms with Gasteiger partial charge < -0.3 is 19.9 Å². The molecule has 194 valence electrons. The number of H-pyrrole nitrogens is 1. The molecular weight excluding hydrogens is 514 g/mol. The number of benzene rings is 2. The van der Waals surface area contributed by atoms with E-state index in [0.717, 1.165) is 55.3 Å². The Balaban J connectivity index is 1.21. The molecule has 0 amide bonds. The molecule has 0 bridgehead atoms. The van der Waals surface area contributed by atoms with Gasteiger partial charge in [-0.1, -0.05) is 35.7 Å². The number of hydrogen-bond acceptors (Lipinski definition) is 7. The van der Waals surface area contributed by atoms with Crippen LogP contribution in [0.4, 0.5) is 20.2 Å². The Morgan fingerprint density at radius 1 is 1.05 bits per heavy atom. The van der Waals surface area contributed by atoms with Crippen molar-refractivity contribution >= 4 is 34.9 Å². The maximum absolute atomic E-state index is 13.1. The lowest BCUT2D eigenvalue weighted by Crippen LogP contribution is -2.58. The van der Waals surface area contributed by atoms with Crippen LogP contribution in [0.2, 0.25) is 0 Å². The van der Waals surface area contributed by atoms with Crippen molar-refractivity contribution in [3.63, 3.8) is 0 Å². The molecule has 1 atom stereocenters. The molecule has 10 heteroatoms. The van der Waals surface area contributed by atoms with Gasteiger partial charge in [0.2, 0.25) is 5.56 Å². The van der Waals surface area contributed by atoms with Crippen LogP contribution in [0.25, 0.3) is 11.3 Å². The summed E-state index contributed by atoms with van der Waals surface area (Å²) in [6, 6.07) is 16.2. The van der Waals surface area contributed by atoms with Crippen LogP contribution in [0.5, 0.6) is 0 Å². The van der Waals surface area contributed by atoms with E-state index in [0.29, 0.717) is 19.8 Å². The number of halogens is 2. The minimum Gasteiger partial charge on any atom is -0.381 e. The first-order valence-corrected chi connectivity index (χ1v) is 14.0. The highest BCUT2D eigenvalue weighted by Gasteiger charge is 2.43. The third-order valence-corrected chi connectivity index (χ3v) is 9.30. The van der Waals surface area contributed by atoms with Crippen LogP contribution in [0, 0.1) is 0 Å². The number of ether oxygens (including phenoxy) is 1. The first kappa shape index (κ1) is 24.8. The molecule has 6 nitrogen and oxygen atoms in total. The molecule has 3 aromatic rings. The number of nitrogens with zero attached hydrogens (tertiary/aromatic N) is 2. The molecule has 2 saturated heterocycles. The average Bonchev–Trinajstić information content (AvgIpc) is 2.86. The number of aromatic amines is 1. The highest BCUT2D eigenvalue weighted by molar-refractivity contribution is 8.05. The summed E-state index contributed by atoms with van der Waals surface area (Å²) in [5, 5.41) is 3.46. The second kappa shape index (κ2) is 9.98. The lowest BCUT2D eigenvalue weighted by Gasteiger charge is -2.40. The minimum atomic E-state index is -2.54. The second-order valence-corrected chi connectivity index (χ2v) is 11.9. The number of likely N-dealkylation sites (tertiary alicyclic amines) is 1. The van der Waals surface area contributed by atoms with Crippen LogP contribution in [-0.4, -0.2) is 67.8 Å². The topological polar surface area (TPSA) is 60.6 Å². The van der Waals surface area contributed by atoms with Gasteiger partial charge in [-0.25, -0.2) is 8.78 Å². The fourth-order valence-corrected chi connectivity index (χ4v) is 7.45. The van der Waals surface area contributed by atoms with Crippen LogP contribution in [-0.2, 0) is 4.74 Å². The zero-order valence-electron chi connectivity index (χ0n) is 20.4. The summed E-state index contributed by atoms with van der Waals surface area (Å²) in [6.07, 6.45) is 0. The number of pyridine rings is 1. The van der Waals surface area contributed by atoms with Gasteiger partial charge in [0, 0.05) is 68.3 Å². The number of nitrogens with one attached hydrogen (secondary N) is 2. The smallest absolute Gasteiger partial charge is 0.272 e. The minimum absolute atomic E-state index is 0.0600. The van der Waals surface area contributed by atoms with E-state index in [1.165, 1.54) is 0 Å². The van der Waals surface area contributed by atoms with Crippen LogP contribution in [0.3, 0.4) is 0 Å². The molecule has 0 spiro atoms. The molecule has 1 unspecified atom stereocenters. The van der Waals surface area contributed by atoms with Crippen molar-refractivity contribution in [2.45, 2.75) is 38.5 Å². The first-order valence-electron chi connectivity index (χ1n) is 12.4. The van der Waals surface area contributed by atoms with Crippen molar-refractivity contribution < 1.29 is 13.5 Å². The van der Waals surface area contributed by atoms with Crippen LogP contribution in [0.15, 0.2) is 72.9 Å². The quantitative estimate of drug-likeness (QED) is 0.345. The summed E-state index contributed by atoms with van der Waals surface area (Å²) in [7, 11) is 0. The number of hydrogen-bond donors (Lipinski definition) is 2. The van der Waals surface area contributed by atoms with Crippen molar-refractivity contribution in [1.29, 1.82) is 0 Å². The molecule has 2 fully saturated rings. The summed E-state index contributed by atoms with van der Waals surface area (Å²) in [6.45, 7) is 5.16. The Morgan fingerprint density at radius 2 is 1.86 bits per heavy atom. The molecule has 6 rings (SSSR count). The highest BCUT2D eigenvalue weighted by Crippen LogP contribution is 2.52. The summed E-state index contributed by atoms with van der Waals surface area (Å²) < 4.78 is 31.8. The summed E-state index contributed by atoms with van der Waals surface area (Å²) >= 11 is 3.42. The molecule has 2 aromatic carbocycles. The number of alkyl halides is 2. The van der Waals surface area contributed by atoms with E-state index in [1.807, 2.05) is 19.1 Å². The van der Waals surface area contributed by atoms with Crippen LogP contribution < -0.4 is 15.8 Å². The number of morpholine rings is 1. The van der Waals surface area contributed by atoms with Gasteiger partial charge in [0.25, 0.3) is 5.92 Å². The van der Waals surface area contributed by atoms with Crippen LogP contribution >= 0.6 is 23.5 Å². The van der Waals surface area contributed by atoms with Gasteiger partial charge in [0.1, 0.15) is 0 Å². The molecule has 0 radical (unpaired) electrons. The molecule has 4 heterocycles. The van der Waals surface area contributed by atoms with Gasteiger partial charge in [0.05, 0.1) is 32.0 Å². The van der Waals surface area contributed by atoms with E-state index in [9.17, 15) is 13.6 Å². The van der Waals surface area contributed by atoms with Crippen molar-refractivity contribution in [2.75, 3.05) is 56.2 Å². The lowest BCUT2D eigenvalue weighted by molar-refractivity contribution is -0.130. The maximum Gasteiger partial charge on any atom is 0.272 e. The Bertz CT molecular complexity index is 1370. The van der Waals surface area contributed by atoms with E-state index in [4.69, 9.17) is 4.74 Å². The third kappa shape index (κ3) is 5.38.